The van der Waals surface area contributed by atoms with Crippen molar-refractivity contribution < 1.29 is 17.9 Å². The monoisotopic (exact) mass is 366 g/mol. The molecule has 4 N–H and O–H groups in total. The van der Waals surface area contributed by atoms with Crippen molar-refractivity contribution in [2.75, 3.05) is 12.3 Å². The van der Waals surface area contributed by atoms with Crippen molar-refractivity contribution in [1.82, 2.24) is 4.72 Å². The average molecular weight is 367 g/mol. The maximum absolute atomic E-state index is 13.9. The number of hydrogen-bond donors (Lipinski definition) is 3. The molecular formula is C12H16BrFN2O3S. The van der Waals surface area contributed by atoms with E-state index >= 15 is 0 Å². The molecule has 1 aliphatic carbocycles. The molecule has 0 aliphatic heterocycles. The molecule has 0 radical (unpaired) electrons. The zero-order valence-corrected chi connectivity index (χ0v) is 13.1. The Balaban J connectivity index is 2.38. The summed E-state index contributed by atoms with van der Waals surface area (Å²) in [4.78, 5) is -0.502. The summed E-state index contributed by atoms with van der Waals surface area (Å²) in [7, 11) is -4.07. The first-order valence-electron chi connectivity index (χ1n) is 6.19. The molecule has 5 nitrogen and oxygen atoms in total. The summed E-state index contributed by atoms with van der Waals surface area (Å²) < 4.78 is 41.2. The Morgan fingerprint density at radius 3 is 2.55 bits per heavy atom. The van der Waals surface area contributed by atoms with Gasteiger partial charge in [-0.1, -0.05) is 12.8 Å². The van der Waals surface area contributed by atoms with Crippen LogP contribution in [0.4, 0.5) is 10.1 Å². The molecule has 20 heavy (non-hydrogen) atoms. The van der Waals surface area contributed by atoms with Gasteiger partial charge in [0.1, 0.15) is 10.7 Å². The Labute approximate surface area is 125 Å². The lowest BCUT2D eigenvalue weighted by molar-refractivity contribution is 0.185. The fourth-order valence-corrected chi connectivity index (χ4v) is 4.30. The Morgan fingerprint density at radius 1 is 1.40 bits per heavy atom. The lowest BCUT2D eigenvalue weighted by atomic mass is 10.0. The van der Waals surface area contributed by atoms with E-state index in [2.05, 4.69) is 20.7 Å². The summed E-state index contributed by atoms with van der Waals surface area (Å²) in [6.07, 6.45) is 2.73. The number of nitrogen functional groups attached to an aromatic ring is 1. The Bertz CT molecular complexity index is 615. The van der Waals surface area contributed by atoms with E-state index in [4.69, 9.17) is 5.73 Å². The van der Waals surface area contributed by atoms with E-state index in [9.17, 15) is 17.9 Å². The summed E-state index contributed by atoms with van der Waals surface area (Å²) in [5.41, 5.74) is 4.84. The third-order valence-electron chi connectivity index (χ3n) is 3.55. The van der Waals surface area contributed by atoms with Crippen LogP contribution in [-0.4, -0.2) is 25.7 Å². The number of anilines is 1. The molecule has 112 valence electrons. The summed E-state index contributed by atoms with van der Waals surface area (Å²) >= 11 is 3.04. The quantitative estimate of drug-likeness (QED) is 0.707. The minimum Gasteiger partial charge on any atom is -0.398 e. The minimum atomic E-state index is -4.07. The van der Waals surface area contributed by atoms with Crippen molar-refractivity contribution in [2.24, 2.45) is 0 Å². The first kappa shape index (κ1) is 15.7. The van der Waals surface area contributed by atoms with Crippen LogP contribution in [0.15, 0.2) is 21.5 Å². The Kier molecular flexibility index (Phi) is 4.38. The number of aliphatic hydroxyl groups excluding tert-OH is 1. The van der Waals surface area contributed by atoms with E-state index in [1.165, 1.54) is 0 Å². The van der Waals surface area contributed by atoms with E-state index in [1.54, 1.807) is 0 Å². The molecule has 2 rings (SSSR count). The summed E-state index contributed by atoms with van der Waals surface area (Å²) in [6, 6.07) is 2.09. The highest BCUT2D eigenvalue weighted by Crippen LogP contribution is 2.32. The van der Waals surface area contributed by atoms with Gasteiger partial charge in [0.15, 0.2) is 0 Å². The fourth-order valence-electron chi connectivity index (χ4n) is 2.44. The zero-order chi connectivity index (χ0) is 15.0. The van der Waals surface area contributed by atoms with Gasteiger partial charge in [-0.3, -0.25) is 0 Å². The number of hydrogen-bond acceptors (Lipinski definition) is 4. The van der Waals surface area contributed by atoms with Crippen LogP contribution in [0.3, 0.4) is 0 Å². The molecule has 0 saturated heterocycles. The number of aliphatic hydroxyl groups is 1. The molecule has 0 amide bonds. The van der Waals surface area contributed by atoms with E-state index in [-0.39, 0.29) is 12.3 Å². The molecular weight excluding hydrogens is 351 g/mol. The highest BCUT2D eigenvalue weighted by molar-refractivity contribution is 9.10. The van der Waals surface area contributed by atoms with Gasteiger partial charge in [0, 0.05) is 10.2 Å². The standard InChI is InChI=1S/C12H16BrFN2O3S/c13-8-5-9(14)11(6-10(8)15)20(18,19)16-12(7-17)3-1-2-4-12/h5-6,16-17H,1-4,7,15H2. The molecule has 0 atom stereocenters. The molecule has 0 aromatic heterocycles. The molecule has 1 aromatic carbocycles. The molecule has 1 fully saturated rings. The van der Waals surface area contributed by atoms with Gasteiger partial charge in [0.25, 0.3) is 0 Å². The number of sulfonamides is 1. The van der Waals surface area contributed by atoms with Crippen molar-refractivity contribution in [3.8, 4) is 0 Å². The van der Waals surface area contributed by atoms with E-state index in [0.717, 1.165) is 25.0 Å². The van der Waals surface area contributed by atoms with Gasteiger partial charge < -0.3 is 10.8 Å². The predicted molar refractivity (Wildman–Crippen MR) is 77.1 cm³/mol. The van der Waals surface area contributed by atoms with Crippen LogP contribution in [0.2, 0.25) is 0 Å². The Morgan fingerprint density at radius 2 is 2.00 bits per heavy atom. The lowest BCUT2D eigenvalue weighted by Gasteiger charge is -2.27. The second-order valence-corrected chi connectivity index (χ2v) is 7.56. The number of nitrogens with one attached hydrogen (secondary N) is 1. The number of benzene rings is 1. The van der Waals surface area contributed by atoms with Crippen molar-refractivity contribution in [1.29, 1.82) is 0 Å². The topological polar surface area (TPSA) is 92.4 Å². The van der Waals surface area contributed by atoms with Crippen LogP contribution in [-0.2, 0) is 10.0 Å². The van der Waals surface area contributed by atoms with Crippen molar-refractivity contribution in [3.05, 3.63) is 22.4 Å². The summed E-state index contributed by atoms with van der Waals surface area (Å²) in [6.45, 7) is -0.306. The smallest absolute Gasteiger partial charge is 0.244 e. The van der Waals surface area contributed by atoms with Gasteiger partial charge in [-0.2, -0.15) is 0 Å². The van der Waals surface area contributed by atoms with Crippen molar-refractivity contribution >= 4 is 31.6 Å². The van der Waals surface area contributed by atoms with Gasteiger partial charge in [-0.05, 0) is 40.9 Å². The molecule has 0 spiro atoms. The normalized spacial score (nSPS) is 18.4. The molecule has 8 heteroatoms. The van der Waals surface area contributed by atoms with Gasteiger partial charge in [0.05, 0.1) is 12.1 Å². The van der Waals surface area contributed by atoms with Crippen LogP contribution in [0.5, 0.6) is 0 Å². The predicted octanol–water partition coefficient (Wildman–Crippen LogP) is 1.75. The third-order valence-corrected chi connectivity index (χ3v) is 5.84. The SMILES string of the molecule is Nc1cc(S(=O)(=O)NC2(CO)CCCC2)c(F)cc1Br. The van der Waals surface area contributed by atoms with Crippen LogP contribution in [0, 0.1) is 5.82 Å². The lowest BCUT2D eigenvalue weighted by Crippen LogP contribution is -2.49. The molecule has 0 bridgehead atoms. The van der Waals surface area contributed by atoms with Crippen LogP contribution >= 0.6 is 15.9 Å². The number of halogens is 2. The molecule has 1 aromatic rings. The second kappa shape index (κ2) is 5.59. The number of nitrogens with two attached hydrogens (primary N) is 1. The summed E-state index contributed by atoms with van der Waals surface area (Å²) in [5, 5.41) is 9.44. The second-order valence-electron chi connectivity index (χ2n) is 5.06. The van der Waals surface area contributed by atoms with Crippen LogP contribution < -0.4 is 10.5 Å². The van der Waals surface area contributed by atoms with E-state index in [0.29, 0.717) is 17.3 Å². The summed E-state index contributed by atoms with van der Waals surface area (Å²) in [5.74, 6) is -0.885. The van der Waals surface area contributed by atoms with Crippen molar-refractivity contribution in [2.45, 2.75) is 36.1 Å². The van der Waals surface area contributed by atoms with Crippen molar-refractivity contribution in [3.63, 3.8) is 0 Å². The first-order valence-corrected chi connectivity index (χ1v) is 8.47. The largest absolute Gasteiger partial charge is 0.398 e. The van der Waals surface area contributed by atoms with Crippen LogP contribution in [0.1, 0.15) is 25.7 Å². The minimum absolute atomic E-state index is 0.135. The molecule has 0 unspecified atom stereocenters. The highest BCUT2D eigenvalue weighted by atomic mass is 79.9. The van der Waals surface area contributed by atoms with E-state index < -0.39 is 26.3 Å². The van der Waals surface area contributed by atoms with Crippen LogP contribution in [0.25, 0.3) is 0 Å². The number of rotatable bonds is 4. The fraction of sp³-hybridized carbons (Fsp3) is 0.500. The van der Waals surface area contributed by atoms with Gasteiger partial charge >= 0.3 is 0 Å². The van der Waals surface area contributed by atoms with E-state index in [1.807, 2.05) is 0 Å². The first-order chi connectivity index (χ1) is 9.30. The maximum Gasteiger partial charge on any atom is 0.244 e. The average Bonchev–Trinajstić information content (AvgIpc) is 2.82. The van der Waals surface area contributed by atoms with Gasteiger partial charge in [-0.25, -0.2) is 17.5 Å². The highest BCUT2D eigenvalue weighted by Gasteiger charge is 2.38. The zero-order valence-electron chi connectivity index (χ0n) is 10.7. The Hall–Kier alpha value is -0.700. The third kappa shape index (κ3) is 2.98. The van der Waals surface area contributed by atoms with Gasteiger partial charge in [-0.15, -0.1) is 0 Å². The van der Waals surface area contributed by atoms with Gasteiger partial charge in [0.2, 0.25) is 10.0 Å². The molecule has 0 heterocycles. The maximum atomic E-state index is 13.9. The molecule has 1 aliphatic rings. The molecule has 1 saturated carbocycles.